The highest BCUT2D eigenvalue weighted by Gasteiger charge is 2.20. The molecule has 0 spiro atoms. The molecule has 1 unspecified atom stereocenters. The Hall–Kier alpha value is -1.26. The van der Waals surface area contributed by atoms with Crippen molar-refractivity contribution in [3.8, 4) is 11.5 Å². The molecular formula is C16H26N2O2. The standard InChI is InChI=1S/C16H26N2O2/c1-12(17-13-7-9-18(2)10-8-13)15-11-14(19-3)5-6-16(15)20-4/h5-6,11-13,17H,7-10H2,1-4H3. The summed E-state index contributed by atoms with van der Waals surface area (Å²) in [5.41, 5.74) is 1.16. The van der Waals surface area contributed by atoms with E-state index in [0.717, 1.165) is 17.1 Å². The van der Waals surface area contributed by atoms with Crippen molar-refractivity contribution in [1.29, 1.82) is 0 Å². The molecule has 1 aromatic rings. The molecule has 1 fully saturated rings. The molecule has 112 valence electrons. The zero-order chi connectivity index (χ0) is 14.5. The molecule has 1 atom stereocenters. The molecular weight excluding hydrogens is 252 g/mol. The van der Waals surface area contributed by atoms with Crippen molar-refractivity contribution in [2.24, 2.45) is 0 Å². The molecule has 4 nitrogen and oxygen atoms in total. The molecule has 0 radical (unpaired) electrons. The molecule has 0 saturated carbocycles. The summed E-state index contributed by atoms with van der Waals surface area (Å²) >= 11 is 0. The lowest BCUT2D eigenvalue weighted by Gasteiger charge is -2.32. The van der Waals surface area contributed by atoms with Crippen LogP contribution in [0.2, 0.25) is 0 Å². The Morgan fingerprint density at radius 3 is 2.50 bits per heavy atom. The average Bonchev–Trinajstić information content (AvgIpc) is 2.48. The first kappa shape index (κ1) is 15.1. The largest absolute Gasteiger partial charge is 0.497 e. The summed E-state index contributed by atoms with van der Waals surface area (Å²) in [6, 6.07) is 6.81. The Balaban J connectivity index is 2.05. The first-order valence-electron chi connectivity index (χ1n) is 7.30. The van der Waals surface area contributed by atoms with Crippen LogP contribution in [0.15, 0.2) is 18.2 Å². The fourth-order valence-corrected chi connectivity index (χ4v) is 2.80. The maximum atomic E-state index is 5.47. The zero-order valence-corrected chi connectivity index (χ0v) is 13.0. The Morgan fingerprint density at radius 1 is 1.20 bits per heavy atom. The fraction of sp³-hybridized carbons (Fsp3) is 0.625. The monoisotopic (exact) mass is 278 g/mol. The molecule has 1 heterocycles. The van der Waals surface area contributed by atoms with Gasteiger partial charge in [-0.05, 0) is 58.1 Å². The molecule has 1 aliphatic heterocycles. The predicted molar refractivity (Wildman–Crippen MR) is 81.6 cm³/mol. The third-order valence-electron chi connectivity index (χ3n) is 4.11. The van der Waals surface area contributed by atoms with Gasteiger partial charge in [-0.25, -0.2) is 0 Å². The Bertz CT molecular complexity index is 428. The molecule has 1 N–H and O–H groups in total. The number of likely N-dealkylation sites (tertiary alicyclic amines) is 1. The predicted octanol–water partition coefficient (Wildman–Crippen LogP) is 2.45. The van der Waals surface area contributed by atoms with Gasteiger partial charge in [-0.1, -0.05) is 0 Å². The molecule has 4 heteroatoms. The van der Waals surface area contributed by atoms with Crippen LogP contribution >= 0.6 is 0 Å². The summed E-state index contributed by atoms with van der Waals surface area (Å²) in [7, 11) is 5.60. The van der Waals surface area contributed by atoms with Gasteiger partial charge in [0.15, 0.2) is 0 Å². The van der Waals surface area contributed by atoms with E-state index in [1.54, 1.807) is 14.2 Å². The minimum Gasteiger partial charge on any atom is -0.497 e. The number of hydrogen-bond donors (Lipinski definition) is 1. The van der Waals surface area contributed by atoms with Gasteiger partial charge in [0.25, 0.3) is 0 Å². The lowest BCUT2D eigenvalue weighted by atomic mass is 10.0. The van der Waals surface area contributed by atoms with Gasteiger partial charge in [-0.3, -0.25) is 0 Å². The van der Waals surface area contributed by atoms with E-state index in [9.17, 15) is 0 Å². The molecule has 0 amide bonds. The third kappa shape index (κ3) is 3.64. The number of hydrogen-bond acceptors (Lipinski definition) is 4. The van der Waals surface area contributed by atoms with Crippen LogP contribution in [-0.4, -0.2) is 45.3 Å². The molecule has 1 aliphatic rings. The highest BCUT2D eigenvalue weighted by Crippen LogP contribution is 2.30. The first-order chi connectivity index (χ1) is 9.63. The topological polar surface area (TPSA) is 33.7 Å². The molecule has 0 bridgehead atoms. The molecule has 0 aromatic heterocycles. The highest BCUT2D eigenvalue weighted by molar-refractivity contribution is 5.42. The van der Waals surface area contributed by atoms with Crippen LogP contribution in [0.3, 0.4) is 0 Å². The van der Waals surface area contributed by atoms with Crippen LogP contribution < -0.4 is 14.8 Å². The first-order valence-corrected chi connectivity index (χ1v) is 7.30. The fourth-order valence-electron chi connectivity index (χ4n) is 2.80. The second-order valence-electron chi connectivity index (χ2n) is 5.57. The maximum absolute atomic E-state index is 5.47. The van der Waals surface area contributed by atoms with Gasteiger partial charge >= 0.3 is 0 Å². The Morgan fingerprint density at radius 2 is 1.90 bits per heavy atom. The number of rotatable bonds is 5. The van der Waals surface area contributed by atoms with E-state index in [1.807, 2.05) is 12.1 Å². The van der Waals surface area contributed by atoms with E-state index in [1.165, 1.54) is 25.9 Å². The van der Waals surface area contributed by atoms with Crippen molar-refractivity contribution in [2.45, 2.75) is 31.8 Å². The van der Waals surface area contributed by atoms with Crippen molar-refractivity contribution in [3.05, 3.63) is 23.8 Å². The number of piperidine rings is 1. The number of methoxy groups -OCH3 is 2. The van der Waals surface area contributed by atoms with E-state index >= 15 is 0 Å². The Kier molecular flexibility index (Phi) is 5.26. The zero-order valence-electron chi connectivity index (χ0n) is 13.0. The summed E-state index contributed by atoms with van der Waals surface area (Å²) in [5, 5.41) is 3.72. The van der Waals surface area contributed by atoms with Crippen molar-refractivity contribution in [3.63, 3.8) is 0 Å². The van der Waals surface area contributed by atoms with Crippen LogP contribution in [0.25, 0.3) is 0 Å². The molecule has 1 aromatic carbocycles. The number of nitrogens with one attached hydrogen (secondary N) is 1. The summed E-state index contributed by atoms with van der Waals surface area (Å²) in [6.07, 6.45) is 2.40. The van der Waals surface area contributed by atoms with E-state index in [4.69, 9.17) is 9.47 Å². The van der Waals surface area contributed by atoms with Gasteiger partial charge in [0.2, 0.25) is 0 Å². The molecule has 2 rings (SSSR count). The number of nitrogens with zero attached hydrogens (tertiary/aromatic N) is 1. The maximum Gasteiger partial charge on any atom is 0.123 e. The normalized spacial score (nSPS) is 18.8. The SMILES string of the molecule is COc1ccc(OC)c(C(C)NC2CCN(C)CC2)c1. The lowest BCUT2D eigenvalue weighted by molar-refractivity contribution is 0.226. The van der Waals surface area contributed by atoms with Gasteiger partial charge in [-0.2, -0.15) is 0 Å². The van der Waals surface area contributed by atoms with Crippen molar-refractivity contribution < 1.29 is 9.47 Å². The highest BCUT2D eigenvalue weighted by atomic mass is 16.5. The van der Waals surface area contributed by atoms with Crippen LogP contribution in [0.4, 0.5) is 0 Å². The summed E-state index contributed by atoms with van der Waals surface area (Å²) < 4.78 is 10.8. The quantitative estimate of drug-likeness (QED) is 0.897. The summed E-state index contributed by atoms with van der Waals surface area (Å²) in [5.74, 6) is 1.79. The van der Waals surface area contributed by atoms with Gasteiger partial charge < -0.3 is 19.7 Å². The summed E-state index contributed by atoms with van der Waals surface area (Å²) in [6.45, 7) is 4.52. The Labute approximate surface area is 122 Å². The minimum absolute atomic E-state index is 0.258. The van der Waals surface area contributed by atoms with Crippen molar-refractivity contribution in [2.75, 3.05) is 34.4 Å². The lowest BCUT2D eigenvalue weighted by Crippen LogP contribution is -2.41. The van der Waals surface area contributed by atoms with E-state index < -0.39 is 0 Å². The van der Waals surface area contributed by atoms with Crippen LogP contribution in [0.5, 0.6) is 11.5 Å². The second kappa shape index (κ2) is 6.95. The molecule has 20 heavy (non-hydrogen) atoms. The van der Waals surface area contributed by atoms with E-state index in [0.29, 0.717) is 6.04 Å². The number of benzene rings is 1. The van der Waals surface area contributed by atoms with Gasteiger partial charge in [0.1, 0.15) is 11.5 Å². The van der Waals surface area contributed by atoms with Crippen molar-refractivity contribution >= 4 is 0 Å². The number of ether oxygens (including phenoxy) is 2. The molecule has 0 aliphatic carbocycles. The third-order valence-corrected chi connectivity index (χ3v) is 4.11. The van der Waals surface area contributed by atoms with Gasteiger partial charge in [-0.15, -0.1) is 0 Å². The smallest absolute Gasteiger partial charge is 0.123 e. The van der Waals surface area contributed by atoms with Crippen LogP contribution in [0, 0.1) is 0 Å². The summed E-state index contributed by atoms with van der Waals surface area (Å²) in [4.78, 5) is 2.38. The van der Waals surface area contributed by atoms with Gasteiger partial charge in [0.05, 0.1) is 14.2 Å². The van der Waals surface area contributed by atoms with Crippen LogP contribution in [0.1, 0.15) is 31.4 Å². The van der Waals surface area contributed by atoms with Crippen molar-refractivity contribution in [1.82, 2.24) is 10.2 Å². The molecule has 1 saturated heterocycles. The van der Waals surface area contributed by atoms with E-state index in [-0.39, 0.29) is 6.04 Å². The van der Waals surface area contributed by atoms with Crippen LogP contribution in [-0.2, 0) is 0 Å². The van der Waals surface area contributed by atoms with Gasteiger partial charge in [0, 0.05) is 17.6 Å². The average molecular weight is 278 g/mol. The minimum atomic E-state index is 0.258. The van der Waals surface area contributed by atoms with E-state index in [2.05, 4.69) is 30.3 Å². The second-order valence-corrected chi connectivity index (χ2v) is 5.57.